The van der Waals surface area contributed by atoms with Crippen molar-refractivity contribution in [3.8, 4) is 5.75 Å². The van der Waals surface area contributed by atoms with E-state index < -0.39 is 0 Å². The van der Waals surface area contributed by atoms with E-state index in [9.17, 15) is 5.11 Å². The van der Waals surface area contributed by atoms with Crippen LogP contribution in [0.4, 0.5) is 5.69 Å². The van der Waals surface area contributed by atoms with E-state index in [0.29, 0.717) is 5.11 Å². The van der Waals surface area contributed by atoms with Gasteiger partial charge in [-0.1, -0.05) is 116 Å². The van der Waals surface area contributed by atoms with Gasteiger partial charge in [-0.25, -0.2) is 0 Å². The van der Waals surface area contributed by atoms with Gasteiger partial charge in [0.1, 0.15) is 5.75 Å². The number of hydrogen-bond acceptors (Lipinski definition) is 2. The molecule has 1 rings (SSSR count). The van der Waals surface area contributed by atoms with Gasteiger partial charge in [0.05, 0.1) is 0 Å². The molecule has 0 amide bonds. The number of phenolic OH excluding ortho intramolecular Hbond substituents is 1. The summed E-state index contributed by atoms with van der Waals surface area (Å²) in [4.78, 5) is 1.96. The summed E-state index contributed by atoms with van der Waals surface area (Å²) in [5, 5.41) is 9.83. The summed E-state index contributed by atoms with van der Waals surface area (Å²) in [6.45, 7) is 3.13. The zero-order valence-corrected chi connectivity index (χ0v) is 20.9. The predicted octanol–water partition coefficient (Wildman–Crippen LogP) is 8.48. The number of anilines is 1. The van der Waals surface area contributed by atoms with Crippen molar-refractivity contribution in [1.29, 1.82) is 0 Å². The molecule has 0 bridgehead atoms. The average Bonchev–Trinajstić information content (AvgIpc) is 2.76. The molecule has 0 heterocycles. The Morgan fingerprint density at radius 2 is 1.03 bits per heavy atom. The molecule has 3 nitrogen and oxygen atoms in total. The van der Waals surface area contributed by atoms with Gasteiger partial charge in [-0.2, -0.15) is 0 Å². The Balaban J connectivity index is 1.88. The van der Waals surface area contributed by atoms with Crippen molar-refractivity contribution in [3.05, 3.63) is 24.3 Å². The second-order valence-corrected chi connectivity index (χ2v) is 9.43. The van der Waals surface area contributed by atoms with Gasteiger partial charge in [-0.15, -0.1) is 0 Å². The zero-order valence-electron chi connectivity index (χ0n) is 20.1. The molecule has 0 unspecified atom stereocenters. The van der Waals surface area contributed by atoms with Crippen molar-refractivity contribution in [3.63, 3.8) is 0 Å². The summed E-state index contributed by atoms with van der Waals surface area (Å²) < 4.78 is 0. The van der Waals surface area contributed by atoms with Gasteiger partial charge in [0, 0.05) is 12.2 Å². The highest BCUT2D eigenvalue weighted by molar-refractivity contribution is 7.80. The number of nitrogens with zero attached hydrogens (tertiary/aromatic N) is 1. The van der Waals surface area contributed by atoms with Gasteiger partial charge in [-0.05, 0) is 42.9 Å². The molecule has 0 aliphatic carbocycles. The van der Waals surface area contributed by atoms with Crippen molar-refractivity contribution >= 4 is 23.0 Å². The first kappa shape index (κ1) is 27.7. The van der Waals surface area contributed by atoms with Gasteiger partial charge in [0.25, 0.3) is 0 Å². The molecule has 0 aliphatic rings. The minimum Gasteiger partial charge on any atom is -0.508 e. The maximum absolute atomic E-state index is 9.43. The van der Waals surface area contributed by atoms with E-state index in [-0.39, 0.29) is 5.75 Å². The number of rotatable bonds is 20. The number of hydrogen-bond donors (Lipinski definition) is 2. The van der Waals surface area contributed by atoms with E-state index in [1.165, 1.54) is 109 Å². The topological polar surface area (TPSA) is 49.5 Å². The van der Waals surface area contributed by atoms with Crippen molar-refractivity contribution in [1.82, 2.24) is 0 Å². The predicted molar refractivity (Wildman–Crippen MR) is 141 cm³/mol. The number of benzene rings is 1. The summed E-state index contributed by atoms with van der Waals surface area (Å²) in [5.74, 6) is 0.264. The van der Waals surface area contributed by atoms with Gasteiger partial charge in [0.2, 0.25) is 0 Å². The zero-order chi connectivity index (χ0) is 22.6. The Kier molecular flexibility index (Phi) is 17.4. The molecule has 0 spiro atoms. The van der Waals surface area contributed by atoms with E-state index in [4.69, 9.17) is 18.0 Å². The number of thiocarbonyl (C=S) groups is 1. The van der Waals surface area contributed by atoms with Crippen LogP contribution in [0.5, 0.6) is 5.75 Å². The lowest BCUT2D eigenvalue weighted by atomic mass is 10.0. The largest absolute Gasteiger partial charge is 0.508 e. The van der Waals surface area contributed by atoms with E-state index in [0.717, 1.165) is 18.7 Å². The Bertz CT molecular complexity index is 547. The van der Waals surface area contributed by atoms with Crippen LogP contribution in [0.2, 0.25) is 0 Å². The van der Waals surface area contributed by atoms with Crippen LogP contribution in [-0.2, 0) is 0 Å². The molecular weight excluding hydrogens is 400 g/mol. The Morgan fingerprint density at radius 3 is 1.39 bits per heavy atom. The van der Waals surface area contributed by atoms with Gasteiger partial charge in [-0.3, -0.25) is 0 Å². The van der Waals surface area contributed by atoms with Gasteiger partial charge >= 0.3 is 0 Å². The summed E-state index contributed by atoms with van der Waals surface area (Å²) in [7, 11) is 0. The van der Waals surface area contributed by atoms with Crippen LogP contribution >= 0.6 is 12.2 Å². The quantitative estimate of drug-likeness (QED) is 0.155. The van der Waals surface area contributed by atoms with Crippen molar-refractivity contribution in [2.24, 2.45) is 5.73 Å². The molecule has 0 atom stereocenters. The number of phenols is 1. The van der Waals surface area contributed by atoms with Crippen molar-refractivity contribution in [2.75, 3.05) is 11.4 Å². The minimum absolute atomic E-state index is 0.264. The highest BCUT2D eigenvalue weighted by atomic mass is 32.1. The molecule has 0 saturated heterocycles. The molecular formula is C27H48N2OS. The molecule has 0 saturated carbocycles. The van der Waals surface area contributed by atoms with Crippen molar-refractivity contribution < 1.29 is 5.11 Å². The maximum Gasteiger partial charge on any atom is 0.170 e. The molecule has 178 valence electrons. The lowest BCUT2D eigenvalue weighted by Crippen LogP contribution is -2.36. The molecule has 31 heavy (non-hydrogen) atoms. The van der Waals surface area contributed by atoms with Crippen LogP contribution in [0.3, 0.4) is 0 Å². The summed E-state index contributed by atoms with van der Waals surface area (Å²) in [5.41, 5.74) is 6.83. The fraction of sp³-hybridized carbons (Fsp3) is 0.741. The fourth-order valence-electron chi connectivity index (χ4n) is 4.17. The SMILES string of the molecule is CCCCCCCCCCCCCCCCCCCCN(C(N)=S)c1ccc(O)cc1. The Morgan fingerprint density at radius 1 is 0.677 bits per heavy atom. The molecule has 1 aromatic rings. The fourth-order valence-corrected chi connectivity index (χ4v) is 4.37. The lowest BCUT2D eigenvalue weighted by molar-refractivity contribution is 0.475. The standard InChI is InChI=1S/C27H48N2OS/c1-2-3-4-5-6-7-8-9-10-11-12-13-14-15-16-17-18-19-24-29(27(28)31)25-20-22-26(30)23-21-25/h20-23,30H,2-19,24H2,1H3,(H2,28,31). The van der Waals surface area contributed by atoms with Crippen molar-refractivity contribution in [2.45, 2.75) is 122 Å². The van der Waals surface area contributed by atoms with Gasteiger partial charge < -0.3 is 15.7 Å². The second kappa shape index (κ2) is 19.4. The summed E-state index contributed by atoms with van der Waals surface area (Å²) in [6, 6.07) is 7.08. The van der Waals surface area contributed by atoms with E-state index in [2.05, 4.69) is 6.92 Å². The Labute approximate surface area is 197 Å². The van der Waals surface area contributed by atoms with Crippen LogP contribution in [0.1, 0.15) is 122 Å². The summed E-state index contributed by atoms with van der Waals surface area (Å²) >= 11 is 5.19. The minimum atomic E-state index is 0.264. The van der Waals surface area contributed by atoms with Crippen LogP contribution in [-0.4, -0.2) is 16.8 Å². The highest BCUT2D eigenvalue weighted by Gasteiger charge is 2.08. The van der Waals surface area contributed by atoms with Crippen LogP contribution in [0.25, 0.3) is 0 Å². The summed E-state index contributed by atoms with van der Waals surface area (Å²) in [6.07, 6.45) is 24.9. The molecule has 0 aliphatic heterocycles. The number of nitrogens with two attached hydrogens (primary N) is 1. The number of aromatic hydroxyl groups is 1. The molecule has 1 aromatic carbocycles. The number of unbranched alkanes of at least 4 members (excludes halogenated alkanes) is 17. The highest BCUT2D eigenvalue weighted by Crippen LogP contribution is 2.19. The normalized spacial score (nSPS) is 11.0. The Hall–Kier alpha value is -1.29. The van der Waals surface area contributed by atoms with E-state index in [1.54, 1.807) is 12.1 Å². The lowest BCUT2D eigenvalue weighted by Gasteiger charge is -2.23. The molecule has 4 heteroatoms. The first-order chi connectivity index (χ1) is 15.1. The maximum atomic E-state index is 9.43. The van der Waals surface area contributed by atoms with E-state index >= 15 is 0 Å². The third kappa shape index (κ3) is 15.2. The second-order valence-electron chi connectivity index (χ2n) is 9.02. The molecule has 0 fully saturated rings. The van der Waals surface area contributed by atoms with Crippen LogP contribution in [0.15, 0.2) is 24.3 Å². The first-order valence-electron chi connectivity index (χ1n) is 13.0. The van der Waals surface area contributed by atoms with Crippen LogP contribution < -0.4 is 10.6 Å². The molecule has 3 N–H and O–H groups in total. The third-order valence-electron chi connectivity index (χ3n) is 6.16. The van der Waals surface area contributed by atoms with Crippen LogP contribution in [0, 0.1) is 0 Å². The monoisotopic (exact) mass is 448 g/mol. The average molecular weight is 449 g/mol. The third-order valence-corrected chi connectivity index (χ3v) is 6.38. The smallest absolute Gasteiger partial charge is 0.170 e. The molecule has 0 aromatic heterocycles. The first-order valence-corrected chi connectivity index (χ1v) is 13.4. The molecule has 0 radical (unpaired) electrons. The van der Waals surface area contributed by atoms with E-state index in [1.807, 2.05) is 17.0 Å². The van der Waals surface area contributed by atoms with Gasteiger partial charge in [0.15, 0.2) is 5.11 Å².